The van der Waals surface area contributed by atoms with Crippen LogP contribution in [0.15, 0.2) is 10.5 Å². The van der Waals surface area contributed by atoms with E-state index < -0.39 is 5.97 Å². The molecular weight excluding hydrogens is 318 g/mol. The van der Waals surface area contributed by atoms with Gasteiger partial charge in [-0.1, -0.05) is 6.92 Å². The normalized spacial score (nSPS) is 10.8. The van der Waals surface area contributed by atoms with Crippen LogP contribution in [0.4, 0.5) is 0 Å². The van der Waals surface area contributed by atoms with E-state index in [0.29, 0.717) is 10.2 Å². The van der Waals surface area contributed by atoms with Crippen molar-refractivity contribution in [3.05, 3.63) is 21.1 Å². The second-order valence-corrected chi connectivity index (χ2v) is 5.48. The monoisotopic (exact) mass is 329 g/mol. The second kappa shape index (κ2) is 5.24. The van der Waals surface area contributed by atoms with Crippen molar-refractivity contribution in [3.8, 4) is 5.75 Å². The lowest BCUT2D eigenvalue weighted by Gasteiger charge is -2.00. The minimum absolute atomic E-state index is 0.0516. The number of hydrogen-bond acceptors (Lipinski definition) is 5. The number of halogens is 1. The number of fused-ring (bicyclic) bond motifs is 1. The number of rotatable bonds is 3. The summed E-state index contributed by atoms with van der Waals surface area (Å²) in [7, 11) is 0. The van der Waals surface area contributed by atoms with Gasteiger partial charge in [0, 0.05) is 4.47 Å². The molecule has 4 nitrogen and oxygen atoms in total. The van der Waals surface area contributed by atoms with Crippen molar-refractivity contribution in [1.82, 2.24) is 4.98 Å². The maximum absolute atomic E-state index is 11.7. The lowest BCUT2D eigenvalue weighted by molar-refractivity contribution is 0.0529. The maximum Gasteiger partial charge on any atom is 0.352 e. The van der Waals surface area contributed by atoms with Crippen LogP contribution >= 0.6 is 27.3 Å². The minimum atomic E-state index is -0.507. The summed E-state index contributed by atoms with van der Waals surface area (Å²) in [5.74, 6) is -0.559. The highest BCUT2D eigenvalue weighted by Crippen LogP contribution is 2.38. The summed E-state index contributed by atoms with van der Waals surface area (Å²) < 4.78 is 5.73. The van der Waals surface area contributed by atoms with Crippen LogP contribution in [0.5, 0.6) is 5.75 Å². The standard InChI is InChI=1S/C12H12BrNO3S/c1-3-8-7(13)5-6-9(15)10(12(16)17-4-2)18-11(6)14-8/h5,15H,3-4H2,1-2H3. The number of nitrogens with zero attached hydrogens (tertiary/aromatic N) is 1. The molecule has 0 fully saturated rings. The number of hydrogen-bond donors (Lipinski definition) is 1. The van der Waals surface area contributed by atoms with E-state index in [1.54, 1.807) is 13.0 Å². The molecule has 0 saturated heterocycles. The molecule has 0 aliphatic rings. The smallest absolute Gasteiger partial charge is 0.352 e. The Morgan fingerprint density at radius 1 is 1.56 bits per heavy atom. The summed E-state index contributed by atoms with van der Waals surface area (Å²) in [5, 5.41) is 10.6. The quantitative estimate of drug-likeness (QED) is 0.875. The molecule has 0 atom stereocenters. The van der Waals surface area contributed by atoms with Gasteiger partial charge in [-0.3, -0.25) is 0 Å². The van der Waals surface area contributed by atoms with Gasteiger partial charge in [0.1, 0.15) is 4.83 Å². The first kappa shape index (κ1) is 13.3. The van der Waals surface area contributed by atoms with Crippen LogP contribution in [0, 0.1) is 0 Å². The van der Waals surface area contributed by atoms with Crippen LogP contribution in [-0.4, -0.2) is 22.7 Å². The summed E-state index contributed by atoms with van der Waals surface area (Å²) in [5.41, 5.74) is 0.902. The molecule has 2 aromatic heterocycles. The van der Waals surface area contributed by atoms with Crippen LogP contribution in [0.2, 0.25) is 0 Å². The maximum atomic E-state index is 11.7. The van der Waals surface area contributed by atoms with Crippen LogP contribution in [0.1, 0.15) is 29.2 Å². The van der Waals surface area contributed by atoms with E-state index >= 15 is 0 Å². The molecule has 96 valence electrons. The van der Waals surface area contributed by atoms with Crippen molar-refractivity contribution in [2.45, 2.75) is 20.3 Å². The average molecular weight is 330 g/mol. The van der Waals surface area contributed by atoms with E-state index in [9.17, 15) is 9.90 Å². The van der Waals surface area contributed by atoms with E-state index in [2.05, 4.69) is 20.9 Å². The minimum Gasteiger partial charge on any atom is -0.505 e. The highest BCUT2D eigenvalue weighted by Gasteiger charge is 2.20. The fourth-order valence-electron chi connectivity index (χ4n) is 1.61. The number of carbonyl (C=O) groups is 1. The van der Waals surface area contributed by atoms with E-state index in [1.165, 1.54) is 0 Å². The largest absolute Gasteiger partial charge is 0.505 e. The number of ether oxygens (including phenoxy) is 1. The van der Waals surface area contributed by atoms with E-state index in [4.69, 9.17) is 4.74 Å². The fraction of sp³-hybridized carbons (Fsp3) is 0.333. The van der Waals surface area contributed by atoms with Gasteiger partial charge in [-0.15, -0.1) is 11.3 Å². The van der Waals surface area contributed by atoms with Crippen molar-refractivity contribution in [2.75, 3.05) is 6.61 Å². The molecule has 6 heteroatoms. The van der Waals surface area contributed by atoms with Gasteiger partial charge in [0.05, 0.1) is 17.7 Å². The van der Waals surface area contributed by atoms with Gasteiger partial charge in [0.2, 0.25) is 0 Å². The zero-order chi connectivity index (χ0) is 13.3. The first-order valence-corrected chi connectivity index (χ1v) is 7.17. The average Bonchev–Trinajstić information content (AvgIpc) is 2.66. The molecule has 18 heavy (non-hydrogen) atoms. The second-order valence-electron chi connectivity index (χ2n) is 3.62. The Bertz CT molecular complexity index is 609. The SMILES string of the molecule is CCOC(=O)c1sc2nc(CC)c(Br)cc2c1O. The molecule has 0 saturated carbocycles. The topological polar surface area (TPSA) is 59.4 Å². The molecule has 0 unspecified atom stereocenters. The Hall–Kier alpha value is -1.14. The highest BCUT2D eigenvalue weighted by molar-refractivity contribution is 9.10. The number of thiophene rings is 1. The van der Waals surface area contributed by atoms with Crippen molar-refractivity contribution in [3.63, 3.8) is 0 Å². The van der Waals surface area contributed by atoms with Crippen molar-refractivity contribution in [2.24, 2.45) is 0 Å². The summed E-state index contributed by atoms with van der Waals surface area (Å²) in [6, 6.07) is 1.79. The van der Waals surface area contributed by atoms with Gasteiger partial charge in [0.25, 0.3) is 0 Å². The van der Waals surface area contributed by atoms with Gasteiger partial charge >= 0.3 is 5.97 Å². The van der Waals surface area contributed by atoms with Crippen molar-refractivity contribution < 1.29 is 14.6 Å². The number of aromatic hydroxyl groups is 1. The molecule has 0 spiro atoms. The molecule has 1 N–H and O–H groups in total. The van der Waals surface area contributed by atoms with Crippen LogP contribution in [-0.2, 0) is 11.2 Å². The molecule has 0 aliphatic heterocycles. The summed E-state index contributed by atoms with van der Waals surface area (Å²) in [4.78, 5) is 16.9. The molecule has 2 rings (SSSR count). The van der Waals surface area contributed by atoms with Crippen LogP contribution in [0.3, 0.4) is 0 Å². The molecular formula is C12H12BrNO3S. The number of aryl methyl sites for hydroxylation is 1. The van der Waals surface area contributed by atoms with Crippen LogP contribution < -0.4 is 0 Å². The van der Waals surface area contributed by atoms with Gasteiger partial charge in [0.15, 0.2) is 10.6 Å². The third-order valence-electron chi connectivity index (χ3n) is 2.48. The van der Waals surface area contributed by atoms with E-state index in [0.717, 1.165) is 27.9 Å². The van der Waals surface area contributed by atoms with Crippen LogP contribution in [0.25, 0.3) is 10.2 Å². The Kier molecular flexibility index (Phi) is 3.87. The molecule has 0 bridgehead atoms. The molecule has 0 amide bonds. The van der Waals surface area contributed by atoms with Crippen molar-refractivity contribution >= 4 is 43.5 Å². The zero-order valence-electron chi connectivity index (χ0n) is 9.99. The molecule has 2 heterocycles. The van der Waals surface area contributed by atoms with Gasteiger partial charge < -0.3 is 9.84 Å². The first-order chi connectivity index (χ1) is 8.58. The fourth-order valence-corrected chi connectivity index (χ4v) is 3.17. The number of pyridine rings is 1. The molecule has 0 aromatic carbocycles. The summed E-state index contributed by atoms with van der Waals surface area (Å²) in [6.07, 6.45) is 0.782. The van der Waals surface area contributed by atoms with Gasteiger partial charge in [-0.2, -0.15) is 0 Å². The first-order valence-electron chi connectivity index (χ1n) is 5.56. The van der Waals surface area contributed by atoms with E-state index in [-0.39, 0.29) is 17.2 Å². The van der Waals surface area contributed by atoms with E-state index in [1.807, 2.05) is 6.92 Å². The molecule has 2 aromatic rings. The third kappa shape index (κ3) is 2.22. The number of carbonyl (C=O) groups excluding carboxylic acids is 1. The lowest BCUT2D eigenvalue weighted by atomic mass is 10.2. The van der Waals surface area contributed by atoms with Gasteiger partial charge in [-0.25, -0.2) is 9.78 Å². The predicted molar refractivity (Wildman–Crippen MR) is 74.3 cm³/mol. The molecule has 0 aliphatic carbocycles. The Morgan fingerprint density at radius 3 is 2.89 bits per heavy atom. The summed E-state index contributed by atoms with van der Waals surface area (Å²) >= 11 is 4.56. The molecule has 0 radical (unpaired) electrons. The lowest BCUT2D eigenvalue weighted by Crippen LogP contribution is -2.01. The van der Waals surface area contributed by atoms with Gasteiger partial charge in [-0.05, 0) is 35.3 Å². The predicted octanol–water partition coefficient (Wildman–Crippen LogP) is 3.50. The highest BCUT2D eigenvalue weighted by atomic mass is 79.9. The Morgan fingerprint density at radius 2 is 2.28 bits per heavy atom. The zero-order valence-corrected chi connectivity index (χ0v) is 12.4. The van der Waals surface area contributed by atoms with Crippen molar-refractivity contribution in [1.29, 1.82) is 0 Å². The Balaban J connectivity index is 2.59. The Labute approximate surface area is 117 Å². The third-order valence-corrected chi connectivity index (χ3v) is 4.23. The number of aromatic nitrogens is 1. The number of esters is 1. The summed E-state index contributed by atoms with van der Waals surface area (Å²) in [6.45, 7) is 4.01.